The summed E-state index contributed by atoms with van der Waals surface area (Å²) in [6, 6.07) is 26.2. The van der Waals surface area contributed by atoms with Crippen LogP contribution in [0.15, 0.2) is 84.9 Å². The van der Waals surface area contributed by atoms with Gasteiger partial charge in [-0.05, 0) is 79.8 Å². The predicted molar refractivity (Wildman–Crippen MR) is 164 cm³/mol. The van der Waals surface area contributed by atoms with E-state index in [1.165, 1.54) is 0 Å². The van der Waals surface area contributed by atoms with E-state index in [-0.39, 0.29) is 5.91 Å². The Morgan fingerprint density at radius 1 is 0.900 bits per heavy atom. The third-order valence-electron chi connectivity index (χ3n) is 6.28. The molecule has 5 rings (SSSR count). The molecule has 0 aliphatic rings. The van der Waals surface area contributed by atoms with E-state index in [4.69, 9.17) is 33.9 Å². The molecule has 0 aliphatic carbocycles. The average Bonchev–Trinajstić information content (AvgIpc) is 2.92. The zero-order valence-corrected chi connectivity index (χ0v) is 23.6. The first-order chi connectivity index (χ1) is 19.3. The Balaban J connectivity index is 1.38. The number of anilines is 3. The molecule has 40 heavy (non-hydrogen) atoms. The third kappa shape index (κ3) is 6.41. The van der Waals surface area contributed by atoms with Gasteiger partial charge in [-0.2, -0.15) is 0 Å². The van der Waals surface area contributed by atoms with E-state index >= 15 is 0 Å². The molecule has 0 aliphatic heterocycles. The molecule has 5 aromatic rings. The summed E-state index contributed by atoms with van der Waals surface area (Å²) in [6.07, 6.45) is 0. The predicted octanol–water partition coefficient (Wildman–Crippen LogP) is 7.12. The molecule has 4 N–H and O–H groups in total. The van der Waals surface area contributed by atoms with E-state index in [0.29, 0.717) is 39.5 Å². The Labute approximate surface area is 243 Å². The number of fused-ring (bicyclic) bond motifs is 1. The number of halogens is 2. The normalized spacial score (nSPS) is 11.2. The van der Waals surface area contributed by atoms with Gasteiger partial charge in [0.25, 0.3) is 5.91 Å². The van der Waals surface area contributed by atoms with Crippen molar-refractivity contribution in [2.45, 2.75) is 13.1 Å². The lowest BCUT2D eigenvalue weighted by Crippen LogP contribution is -2.16. The number of nitrogens with two attached hydrogens (primary N) is 1. The summed E-state index contributed by atoms with van der Waals surface area (Å²) in [4.78, 5) is 24.6. The molecule has 202 valence electrons. The van der Waals surface area contributed by atoms with Crippen molar-refractivity contribution in [2.75, 3.05) is 24.7 Å². The maximum atomic E-state index is 13.1. The van der Waals surface area contributed by atoms with Gasteiger partial charge in [0, 0.05) is 51.0 Å². The summed E-state index contributed by atoms with van der Waals surface area (Å²) >= 11 is 12.5. The molecule has 0 saturated heterocycles. The van der Waals surface area contributed by atoms with Crippen molar-refractivity contribution in [3.05, 3.63) is 112 Å². The number of nitrogens with one attached hydrogen (secondary N) is 2. The number of amides is 1. The number of hydrogen-bond donors (Lipinski definition) is 3. The first-order valence-electron chi connectivity index (χ1n) is 12.7. The van der Waals surface area contributed by atoms with Crippen molar-refractivity contribution in [1.29, 1.82) is 0 Å². The van der Waals surface area contributed by atoms with E-state index in [9.17, 15) is 4.79 Å². The molecular weight excluding hydrogens is 543 g/mol. The van der Waals surface area contributed by atoms with Crippen molar-refractivity contribution < 1.29 is 4.79 Å². The largest absolute Gasteiger partial charge is 0.326 e. The highest BCUT2D eigenvalue weighted by Gasteiger charge is 2.13. The maximum absolute atomic E-state index is 13.1. The Bertz CT molecular complexity index is 1670. The second kappa shape index (κ2) is 12.0. The van der Waals surface area contributed by atoms with Crippen molar-refractivity contribution in [3.63, 3.8) is 0 Å². The first kappa shape index (κ1) is 27.6. The maximum Gasteiger partial charge on any atom is 0.255 e. The molecule has 0 saturated carbocycles. The SMILES string of the molecule is CN(C)Cc1ccc(CN)c(NC(=O)c2ccc(Nc3nc(-c4cc(Cl)cc(Cl)c4)c4ccccc4n3)cc2)c1. The highest BCUT2D eigenvalue weighted by Crippen LogP contribution is 2.32. The number of aromatic nitrogens is 2. The van der Waals surface area contributed by atoms with Gasteiger partial charge in [-0.3, -0.25) is 4.79 Å². The fourth-order valence-corrected chi connectivity index (χ4v) is 4.98. The standard InChI is InChI=1S/C31H28Cl2N6O/c1-39(2)18-19-7-8-21(17-34)28(13-19)36-30(40)20-9-11-25(12-10-20)35-31-37-27-6-4-3-5-26(27)29(38-31)22-14-23(32)16-24(33)15-22/h3-16H,17-18,34H2,1-2H3,(H,36,40)(H,35,37,38). The number of nitrogens with zero attached hydrogens (tertiary/aromatic N) is 3. The van der Waals surface area contributed by atoms with Crippen LogP contribution >= 0.6 is 23.2 Å². The Kier molecular flexibility index (Phi) is 8.28. The van der Waals surface area contributed by atoms with E-state index in [2.05, 4.69) is 20.5 Å². The van der Waals surface area contributed by atoms with E-state index in [1.807, 2.05) is 80.8 Å². The van der Waals surface area contributed by atoms with Gasteiger partial charge in [0.15, 0.2) is 0 Å². The van der Waals surface area contributed by atoms with Crippen LogP contribution in [0.3, 0.4) is 0 Å². The molecule has 9 heteroatoms. The van der Waals surface area contributed by atoms with E-state index in [1.54, 1.807) is 18.2 Å². The second-order valence-corrected chi connectivity index (χ2v) is 10.5. The summed E-state index contributed by atoms with van der Waals surface area (Å²) in [5.74, 6) is 0.192. The number of hydrogen-bond acceptors (Lipinski definition) is 6. The van der Waals surface area contributed by atoms with Crippen molar-refractivity contribution >= 4 is 57.3 Å². The summed E-state index contributed by atoms with van der Waals surface area (Å²) in [5.41, 5.74) is 12.1. The van der Waals surface area contributed by atoms with Gasteiger partial charge in [0.05, 0.1) is 11.2 Å². The summed E-state index contributed by atoms with van der Waals surface area (Å²) in [5, 5.41) is 8.19. The number of benzene rings is 4. The molecule has 1 aromatic heterocycles. The molecule has 1 amide bonds. The van der Waals surface area contributed by atoms with Gasteiger partial charge in [-0.15, -0.1) is 0 Å². The van der Waals surface area contributed by atoms with Crippen LogP contribution < -0.4 is 16.4 Å². The van der Waals surface area contributed by atoms with Crippen LogP contribution in [-0.2, 0) is 13.1 Å². The van der Waals surface area contributed by atoms with Gasteiger partial charge >= 0.3 is 0 Å². The zero-order chi connectivity index (χ0) is 28.2. The topological polar surface area (TPSA) is 96.2 Å². The summed E-state index contributed by atoms with van der Waals surface area (Å²) in [7, 11) is 4.00. The molecule has 0 spiro atoms. The van der Waals surface area contributed by atoms with E-state index < -0.39 is 0 Å². The van der Waals surface area contributed by atoms with Crippen molar-refractivity contribution in [1.82, 2.24) is 14.9 Å². The van der Waals surface area contributed by atoms with Gasteiger partial charge in [-0.1, -0.05) is 53.5 Å². The van der Waals surface area contributed by atoms with Crippen LogP contribution in [0.4, 0.5) is 17.3 Å². The molecule has 0 atom stereocenters. The van der Waals surface area contributed by atoms with Crippen LogP contribution in [0.2, 0.25) is 10.0 Å². The first-order valence-corrected chi connectivity index (χ1v) is 13.4. The van der Waals surface area contributed by atoms with E-state index in [0.717, 1.165) is 39.8 Å². The van der Waals surface area contributed by atoms with Crippen LogP contribution in [-0.4, -0.2) is 34.9 Å². The quantitative estimate of drug-likeness (QED) is 0.184. The lowest BCUT2D eigenvalue weighted by atomic mass is 10.1. The van der Waals surface area contributed by atoms with Gasteiger partial charge in [0.1, 0.15) is 0 Å². The van der Waals surface area contributed by atoms with Gasteiger partial charge < -0.3 is 21.3 Å². The van der Waals surface area contributed by atoms with Crippen molar-refractivity contribution in [3.8, 4) is 11.3 Å². The highest BCUT2D eigenvalue weighted by atomic mass is 35.5. The van der Waals surface area contributed by atoms with Gasteiger partial charge in [0.2, 0.25) is 5.95 Å². The number of rotatable bonds is 8. The lowest BCUT2D eigenvalue weighted by Gasteiger charge is -2.15. The minimum Gasteiger partial charge on any atom is -0.326 e. The van der Waals surface area contributed by atoms with Crippen LogP contribution in [0.5, 0.6) is 0 Å². The Hall–Kier alpha value is -4.01. The van der Waals surface area contributed by atoms with Crippen molar-refractivity contribution in [2.24, 2.45) is 5.73 Å². The summed E-state index contributed by atoms with van der Waals surface area (Å²) < 4.78 is 0. The van der Waals surface area contributed by atoms with Crippen LogP contribution in [0, 0.1) is 0 Å². The molecule has 1 heterocycles. The lowest BCUT2D eigenvalue weighted by molar-refractivity contribution is 0.102. The molecule has 0 radical (unpaired) electrons. The second-order valence-electron chi connectivity index (χ2n) is 9.66. The number of para-hydroxylation sites is 1. The smallest absolute Gasteiger partial charge is 0.255 e. The number of carbonyl (C=O) groups is 1. The minimum absolute atomic E-state index is 0.217. The molecule has 7 nitrogen and oxygen atoms in total. The fourth-order valence-electron chi connectivity index (χ4n) is 4.45. The fraction of sp³-hybridized carbons (Fsp3) is 0.129. The molecule has 0 unspecified atom stereocenters. The third-order valence-corrected chi connectivity index (χ3v) is 6.72. The Morgan fingerprint density at radius 2 is 1.62 bits per heavy atom. The van der Waals surface area contributed by atoms with Crippen LogP contribution in [0.25, 0.3) is 22.2 Å². The van der Waals surface area contributed by atoms with Gasteiger partial charge in [-0.25, -0.2) is 9.97 Å². The minimum atomic E-state index is -0.217. The molecule has 4 aromatic carbocycles. The van der Waals surface area contributed by atoms with Crippen LogP contribution in [0.1, 0.15) is 21.5 Å². The highest BCUT2D eigenvalue weighted by molar-refractivity contribution is 6.35. The zero-order valence-electron chi connectivity index (χ0n) is 22.1. The Morgan fingerprint density at radius 3 is 2.33 bits per heavy atom. The monoisotopic (exact) mass is 570 g/mol. The summed E-state index contributed by atoms with van der Waals surface area (Å²) in [6.45, 7) is 1.09. The molecule has 0 bridgehead atoms. The average molecular weight is 572 g/mol. The molecule has 0 fully saturated rings. The molecular formula is C31H28Cl2N6O. The number of carbonyl (C=O) groups excluding carboxylic acids is 1.